The number of carbonyl (C=O) groups excluding carboxylic acids is 1. The minimum absolute atomic E-state index is 0.121. The number of amides is 1. The van der Waals surface area contributed by atoms with E-state index >= 15 is 0 Å². The van der Waals surface area contributed by atoms with Crippen molar-refractivity contribution in [2.45, 2.75) is 13.3 Å². The Balaban J connectivity index is 1.98. The topological polar surface area (TPSA) is 50.4 Å². The first-order chi connectivity index (χ1) is 9.58. The number of benzene rings is 1. The first-order valence-electron chi connectivity index (χ1n) is 6.59. The minimum atomic E-state index is -2.54. The largest absolute Gasteiger partial charge is 0.485 e. The number of anilines is 1. The molecule has 1 aliphatic rings. The van der Waals surface area contributed by atoms with Crippen molar-refractivity contribution in [3.05, 3.63) is 24.3 Å². The molecule has 1 atom stereocenters. The zero-order valence-corrected chi connectivity index (χ0v) is 11.2. The molecule has 2 N–H and O–H groups in total. The molecule has 4 nitrogen and oxygen atoms in total. The van der Waals surface area contributed by atoms with Gasteiger partial charge in [-0.2, -0.15) is 0 Å². The van der Waals surface area contributed by atoms with Gasteiger partial charge >= 0.3 is 0 Å². The van der Waals surface area contributed by atoms with Gasteiger partial charge in [-0.3, -0.25) is 4.79 Å². The fourth-order valence-corrected chi connectivity index (χ4v) is 1.97. The van der Waals surface area contributed by atoms with E-state index in [1.807, 2.05) is 6.92 Å². The van der Waals surface area contributed by atoms with E-state index in [9.17, 15) is 13.6 Å². The average Bonchev–Trinajstić information content (AvgIpc) is 2.35. The second-order valence-corrected chi connectivity index (χ2v) is 4.89. The van der Waals surface area contributed by atoms with Crippen molar-refractivity contribution < 1.29 is 18.3 Å². The summed E-state index contributed by atoms with van der Waals surface area (Å²) in [7, 11) is 0. The number of rotatable bonds is 6. The van der Waals surface area contributed by atoms with E-state index < -0.39 is 13.0 Å². The second kappa shape index (κ2) is 6.65. The summed E-state index contributed by atoms with van der Waals surface area (Å²) >= 11 is 0. The fourth-order valence-electron chi connectivity index (χ4n) is 1.97. The summed E-state index contributed by atoms with van der Waals surface area (Å²) in [6.45, 7) is 2.84. The third-order valence-electron chi connectivity index (χ3n) is 3.44. The summed E-state index contributed by atoms with van der Waals surface area (Å²) in [4.78, 5) is 12.1. The monoisotopic (exact) mass is 284 g/mol. The van der Waals surface area contributed by atoms with Gasteiger partial charge in [-0.15, -0.1) is 0 Å². The number of para-hydroxylation sites is 2. The van der Waals surface area contributed by atoms with Gasteiger partial charge in [0.25, 0.3) is 6.43 Å². The molecule has 0 aromatic heterocycles. The van der Waals surface area contributed by atoms with Gasteiger partial charge in [-0.1, -0.05) is 19.1 Å². The van der Waals surface area contributed by atoms with E-state index in [-0.39, 0.29) is 17.6 Å². The first kappa shape index (κ1) is 14.7. The summed E-state index contributed by atoms with van der Waals surface area (Å²) in [5, 5.41) is 5.86. The predicted octanol–water partition coefficient (Wildman–Crippen LogP) is 2.12. The molecule has 20 heavy (non-hydrogen) atoms. The van der Waals surface area contributed by atoms with Crippen molar-refractivity contribution in [2.75, 3.05) is 25.0 Å². The van der Waals surface area contributed by atoms with Crippen LogP contribution in [0.15, 0.2) is 24.3 Å². The van der Waals surface area contributed by atoms with Crippen LogP contribution < -0.4 is 15.4 Å². The molecule has 1 aromatic carbocycles. The van der Waals surface area contributed by atoms with Gasteiger partial charge in [0.2, 0.25) is 5.91 Å². The van der Waals surface area contributed by atoms with Crippen LogP contribution in [0.3, 0.4) is 0 Å². The van der Waals surface area contributed by atoms with Crippen molar-refractivity contribution in [1.82, 2.24) is 5.32 Å². The van der Waals surface area contributed by atoms with Crippen molar-refractivity contribution in [1.29, 1.82) is 0 Å². The molecule has 0 bridgehead atoms. The lowest BCUT2D eigenvalue weighted by atomic mass is 9.88. The molecule has 110 valence electrons. The molecule has 1 amide bonds. The maximum absolute atomic E-state index is 12.2. The minimum Gasteiger partial charge on any atom is -0.485 e. The normalized spacial score (nSPS) is 16.6. The smallest absolute Gasteiger partial charge is 0.272 e. The Bertz CT molecular complexity index is 464. The molecule has 1 fully saturated rings. The van der Waals surface area contributed by atoms with Crippen LogP contribution in [0.5, 0.6) is 5.75 Å². The highest BCUT2D eigenvalue weighted by molar-refractivity contribution is 5.94. The van der Waals surface area contributed by atoms with Crippen molar-refractivity contribution >= 4 is 11.6 Å². The Labute approximate surface area is 116 Å². The predicted molar refractivity (Wildman–Crippen MR) is 72.1 cm³/mol. The van der Waals surface area contributed by atoms with Gasteiger partial charge < -0.3 is 15.4 Å². The number of alkyl halides is 2. The summed E-state index contributed by atoms with van der Waals surface area (Å²) < 4.78 is 29.4. The van der Waals surface area contributed by atoms with Gasteiger partial charge in [-0.25, -0.2) is 8.78 Å². The number of ether oxygens (including phenoxy) is 1. The molecular formula is C14H18F2N2O2. The average molecular weight is 284 g/mol. The molecule has 2 rings (SSSR count). The van der Waals surface area contributed by atoms with Crippen LogP contribution in [-0.4, -0.2) is 32.0 Å². The Morgan fingerprint density at radius 1 is 1.45 bits per heavy atom. The highest BCUT2D eigenvalue weighted by atomic mass is 19.3. The van der Waals surface area contributed by atoms with Crippen LogP contribution in [0.2, 0.25) is 0 Å². The molecule has 0 spiro atoms. The Kier molecular flexibility index (Phi) is 4.89. The summed E-state index contributed by atoms with van der Waals surface area (Å²) in [6, 6.07) is 6.61. The van der Waals surface area contributed by atoms with E-state index in [0.717, 1.165) is 13.1 Å². The molecule has 1 aromatic rings. The van der Waals surface area contributed by atoms with Crippen molar-refractivity contribution in [3.8, 4) is 5.75 Å². The Morgan fingerprint density at radius 2 is 2.15 bits per heavy atom. The number of carbonyl (C=O) groups is 1. The van der Waals surface area contributed by atoms with Crippen LogP contribution in [-0.2, 0) is 4.79 Å². The highest BCUT2D eigenvalue weighted by Crippen LogP contribution is 2.26. The zero-order valence-electron chi connectivity index (χ0n) is 11.2. The van der Waals surface area contributed by atoms with Gasteiger partial charge in [0.15, 0.2) is 0 Å². The van der Waals surface area contributed by atoms with Crippen LogP contribution in [0.1, 0.15) is 6.92 Å². The molecule has 1 heterocycles. The second-order valence-electron chi connectivity index (χ2n) is 4.89. The highest BCUT2D eigenvalue weighted by Gasteiger charge is 2.29. The standard InChI is InChI=1S/C14H18F2N2O2/c1-9(10-6-17-7-10)14(19)18-11-4-2-3-5-12(11)20-8-13(15)16/h2-5,9-10,13,17H,6-8H2,1H3,(H,18,19). The molecule has 6 heteroatoms. The lowest BCUT2D eigenvalue weighted by Crippen LogP contribution is -2.48. The first-order valence-corrected chi connectivity index (χ1v) is 6.59. The molecule has 1 saturated heterocycles. The fraction of sp³-hybridized carbons (Fsp3) is 0.500. The third-order valence-corrected chi connectivity index (χ3v) is 3.44. The van der Waals surface area contributed by atoms with Crippen LogP contribution in [0.4, 0.5) is 14.5 Å². The quantitative estimate of drug-likeness (QED) is 0.841. The van der Waals surface area contributed by atoms with Crippen molar-refractivity contribution in [2.24, 2.45) is 11.8 Å². The van der Waals surface area contributed by atoms with Gasteiger partial charge in [0.05, 0.1) is 5.69 Å². The zero-order chi connectivity index (χ0) is 14.5. The van der Waals surface area contributed by atoms with Gasteiger partial charge in [-0.05, 0) is 31.1 Å². The van der Waals surface area contributed by atoms with Crippen LogP contribution >= 0.6 is 0 Å². The molecule has 0 aliphatic carbocycles. The third kappa shape index (κ3) is 3.66. The van der Waals surface area contributed by atoms with Crippen LogP contribution in [0.25, 0.3) is 0 Å². The summed E-state index contributed by atoms with van der Waals surface area (Å²) in [5.74, 6) is 0.341. The van der Waals surface area contributed by atoms with E-state index in [4.69, 9.17) is 4.74 Å². The summed E-state index contributed by atoms with van der Waals surface area (Å²) in [5.41, 5.74) is 0.428. The molecule has 1 unspecified atom stereocenters. The Morgan fingerprint density at radius 3 is 2.75 bits per heavy atom. The van der Waals surface area contributed by atoms with Gasteiger partial charge in [0, 0.05) is 5.92 Å². The van der Waals surface area contributed by atoms with E-state index in [1.54, 1.807) is 24.3 Å². The molecule has 1 aliphatic heterocycles. The summed E-state index contributed by atoms with van der Waals surface area (Å²) in [6.07, 6.45) is -2.54. The van der Waals surface area contributed by atoms with Crippen molar-refractivity contribution in [3.63, 3.8) is 0 Å². The van der Waals surface area contributed by atoms with E-state index in [2.05, 4.69) is 10.6 Å². The maximum Gasteiger partial charge on any atom is 0.272 e. The van der Waals surface area contributed by atoms with E-state index in [0.29, 0.717) is 11.6 Å². The lowest BCUT2D eigenvalue weighted by Gasteiger charge is -2.31. The number of hydrogen-bond acceptors (Lipinski definition) is 3. The van der Waals surface area contributed by atoms with Crippen LogP contribution in [0, 0.1) is 11.8 Å². The Hall–Kier alpha value is -1.69. The van der Waals surface area contributed by atoms with Gasteiger partial charge in [0.1, 0.15) is 12.4 Å². The number of nitrogens with one attached hydrogen (secondary N) is 2. The maximum atomic E-state index is 12.2. The number of halogens is 2. The van der Waals surface area contributed by atoms with E-state index in [1.165, 1.54) is 0 Å². The molecule has 0 radical (unpaired) electrons. The number of hydrogen-bond donors (Lipinski definition) is 2. The molecule has 0 saturated carbocycles. The SMILES string of the molecule is CC(C(=O)Nc1ccccc1OCC(F)F)C1CNC1. The lowest BCUT2D eigenvalue weighted by molar-refractivity contribution is -0.121. The molecular weight excluding hydrogens is 266 g/mol.